The quantitative estimate of drug-likeness (QED) is 0.811. The van der Waals surface area contributed by atoms with Crippen LogP contribution in [0.1, 0.15) is 25.3 Å². The normalized spacial score (nSPS) is 23.7. The van der Waals surface area contributed by atoms with Crippen molar-refractivity contribution in [3.05, 3.63) is 23.8 Å². The average Bonchev–Trinajstić information content (AvgIpc) is 2.38. The second-order valence-corrected chi connectivity index (χ2v) is 5.07. The highest BCUT2D eigenvalue weighted by molar-refractivity contribution is 5.64. The van der Waals surface area contributed by atoms with Crippen molar-refractivity contribution < 1.29 is 4.74 Å². The second-order valence-electron chi connectivity index (χ2n) is 5.07. The first-order valence-corrected chi connectivity index (χ1v) is 6.18. The van der Waals surface area contributed by atoms with E-state index in [1.807, 2.05) is 12.1 Å². The molecule has 0 spiro atoms. The highest BCUT2D eigenvalue weighted by atomic mass is 16.5. The van der Waals surface area contributed by atoms with Gasteiger partial charge in [-0.1, -0.05) is 0 Å². The molecule has 2 N–H and O–H groups in total. The fourth-order valence-electron chi connectivity index (χ4n) is 2.50. The molecule has 18 heavy (non-hydrogen) atoms. The zero-order valence-electron chi connectivity index (χ0n) is 10.9. The molecule has 0 bridgehead atoms. The van der Waals surface area contributed by atoms with Crippen LogP contribution in [0.4, 0.5) is 11.4 Å². The minimum atomic E-state index is -0.133. The largest absolute Gasteiger partial charge is 0.399 e. The maximum absolute atomic E-state index is 9.20. The lowest BCUT2D eigenvalue weighted by Gasteiger charge is -2.41. The van der Waals surface area contributed by atoms with Crippen molar-refractivity contribution in [1.29, 1.82) is 5.26 Å². The first-order chi connectivity index (χ1) is 8.58. The van der Waals surface area contributed by atoms with E-state index in [4.69, 9.17) is 10.5 Å². The van der Waals surface area contributed by atoms with E-state index in [1.165, 1.54) is 0 Å². The van der Waals surface area contributed by atoms with Crippen LogP contribution in [0, 0.1) is 11.3 Å². The molecule has 1 aliphatic rings. The number of methoxy groups -OCH3 is 1. The number of nitrogens with two attached hydrogens (primary N) is 1. The summed E-state index contributed by atoms with van der Waals surface area (Å²) in [6.45, 7) is 3.88. The van der Waals surface area contributed by atoms with Crippen molar-refractivity contribution in [3.8, 4) is 6.07 Å². The predicted octanol–water partition coefficient (Wildman–Crippen LogP) is 2.15. The molecule has 1 aliphatic heterocycles. The van der Waals surface area contributed by atoms with Gasteiger partial charge in [0.15, 0.2) is 0 Å². The molecule has 2 rings (SSSR count). The van der Waals surface area contributed by atoms with Crippen LogP contribution in [0.15, 0.2) is 18.2 Å². The Morgan fingerprint density at radius 3 is 2.94 bits per heavy atom. The standard InChI is InChI=1S/C14H19N3O/c1-14(18-2)6-3-7-17(10-14)13-5-4-12(16)8-11(13)9-15/h4-5,8H,3,6-7,10,16H2,1-2H3. The Balaban J connectivity index is 2.29. The summed E-state index contributed by atoms with van der Waals surface area (Å²) in [4.78, 5) is 2.21. The van der Waals surface area contributed by atoms with Crippen LogP contribution in [0.3, 0.4) is 0 Å². The smallest absolute Gasteiger partial charge is 0.101 e. The minimum Gasteiger partial charge on any atom is -0.399 e. The molecule has 1 unspecified atom stereocenters. The van der Waals surface area contributed by atoms with Gasteiger partial charge in [0.1, 0.15) is 6.07 Å². The van der Waals surface area contributed by atoms with E-state index in [2.05, 4.69) is 17.9 Å². The summed E-state index contributed by atoms with van der Waals surface area (Å²) < 4.78 is 5.58. The first kappa shape index (κ1) is 12.7. The summed E-state index contributed by atoms with van der Waals surface area (Å²) in [7, 11) is 1.75. The molecule has 1 fully saturated rings. The van der Waals surface area contributed by atoms with E-state index in [-0.39, 0.29) is 5.60 Å². The molecule has 0 radical (unpaired) electrons. The highest BCUT2D eigenvalue weighted by Crippen LogP contribution is 2.30. The molecule has 4 nitrogen and oxygen atoms in total. The molecule has 1 saturated heterocycles. The van der Waals surface area contributed by atoms with Gasteiger partial charge in [0.2, 0.25) is 0 Å². The van der Waals surface area contributed by atoms with Gasteiger partial charge in [-0.15, -0.1) is 0 Å². The zero-order chi connectivity index (χ0) is 13.2. The van der Waals surface area contributed by atoms with Crippen LogP contribution in [0.2, 0.25) is 0 Å². The summed E-state index contributed by atoms with van der Waals surface area (Å²) >= 11 is 0. The minimum absolute atomic E-state index is 0.133. The number of piperidine rings is 1. The van der Waals surface area contributed by atoms with Crippen LogP contribution in [-0.4, -0.2) is 25.8 Å². The number of nitriles is 1. The lowest BCUT2D eigenvalue weighted by atomic mass is 9.94. The van der Waals surface area contributed by atoms with E-state index in [1.54, 1.807) is 13.2 Å². The third-order valence-electron chi connectivity index (χ3n) is 3.63. The van der Waals surface area contributed by atoms with Gasteiger partial charge < -0.3 is 15.4 Å². The van der Waals surface area contributed by atoms with E-state index in [0.717, 1.165) is 31.6 Å². The molecular weight excluding hydrogens is 226 g/mol. The first-order valence-electron chi connectivity index (χ1n) is 6.18. The topological polar surface area (TPSA) is 62.3 Å². The van der Waals surface area contributed by atoms with Crippen LogP contribution < -0.4 is 10.6 Å². The summed E-state index contributed by atoms with van der Waals surface area (Å²) in [5.41, 5.74) is 7.80. The Labute approximate surface area is 108 Å². The van der Waals surface area contributed by atoms with Crippen LogP contribution in [0.5, 0.6) is 0 Å². The molecule has 1 aromatic carbocycles. The number of hydrogen-bond acceptors (Lipinski definition) is 4. The highest BCUT2D eigenvalue weighted by Gasteiger charge is 2.31. The molecule has 1 atom stereocenters. The molecule has 0 aromatic heterocycles. The summed E-state index contributed by atoms with van der Waals surface area (Å²) in [5, 5.41) is 9.20. The lowest BCUT2D eigenvalue weighted by molar-refractivity contribution is -0.00466. The monoisotopic (exact) mass is 245 g/mol. The molecule has 1 aromatic rings. The van der Waals surface area contributed by atoms with Crippen molar-refractivity contribution >= 4 is 11.4 Å². The number of ether oxygens (including phenoxy) is 1. The Morgan fingerprint density at radius 1 is 1.50 bits per heavy atom. The van der Waals surface area contributed by atoms with Gasteiger partial charge in [-0.25, -0.2) is 0 Å². The molecule has 0 saturated carbocycles. The third kappa shape index (κ3) is 2.41. The van der Waals surface area contributed by atoms with Crippen molar-refractivity contribution in [2.24, 2.45) is 0 Å². The number of nitrogen functional groups attached to an aromatic ring is 1. The van der Waals surface area contributed by atoms with Crippen molar-refractivity contribution in [3.63, 3.8) is 0 Å². The van der Waals surface area contributed by atoms with Gasteiger partial charge in [-0.2, -0.15) is 5.26 Å². The van der Waals surface area contributed by atoms with Gasteiger partial charge in [0.25, 0.3) is 0 Å². The third-order valence-corrected chi connectivity index (χ3v) is 3.63. The SMILES string of the molecule is COC1(C)CCCN(c2ccc(N)cc2C#N)C1. The molecule has 1 heterocycles. The van der Waals surface area contributed by atoms with Crippen molar-refractivity contribution in [1.82, 2.24) is 0 Å². The van der Waals surface area contributed by atoms with E-state index >= 15 is 0 Å². The average molecular weight is 245 g/mol. The van der Waals surface area contributed by atoms with Crippen LogP contribution in [-0.2, 0) is 4.74 Å². The Kier molecular flexibility index (Phi) is 3.44. The molecule has 4 heteroatoms. The Bertz CT molecular complexity index is 480. The Hall–Kier alpha value is -1.73. The molecule has 0 aliphatic carbocycles. The summed E-state index contributed by atoms with van der Waals surface area (Å²) in [6.07, 6.45) is 2.12. The number of rotatable bonds is 2. The molecule has 96 valence electrons. The van der Waals surface area contributed by atoms with Gasteiger partial charge >= 0.3 is 0 Å². The number of hydrogen-bond donors (Lipinski definition) is 1. The molecule has 0 amide bonds. The van der Waals surface area contributed by atoms with Crippen LogP contribution >= 0.6 is 0 Å². The fourth-order valence-corrected chi connectivity index (χ4v) is 2.50. The van der Waals surface area contributed by atoms with E-state index < -0.39 is 0 Å². The van der Waals surface area contributed by atoms with Gasteiger partial charge in [-0.05, 0) is 38.0 Å². The summed E-state index contributed by atoms with van der Waals surface area (Å²) in [5.74, 6) is 0. The van der Waals surface area contributed by atoms with Crippen LogP contribution in [0.25, 0.3) is 0 Å². The van der Waals surface area contributed by atoms with Gasteiger partial charge in [0, 0.05) is 25.9 Å². The maximum Gasteiger partial charge on any atom is 0.101 e. The number of benzene rings is 1. The van der Waals surface area contributed by atoms with Crippen molar-refractivity contribution in [2.75, 3.05) is 30.8 Å². The predicted molar refractivity (Wildman–Crippen MR) is 72.4 cm³/mol. The Morgan fingerprint density at radius 2 is 2.28 bits per heavy atom. The van der Waals surface area contributed by atoms with E-state index in [0.29, 0.717) is 11.3 Å². The fraction of sp³-hybridized carbons (Fsp3) is 0.500. The molecular formula is C14H19N3O. The lowest BCUT2D eigenvalue weighted by Crippen LogP contribution is -2.47. The number of anilines is 2. The zero-order valence-corrected chi connectivity index (χ0v) is 10.9. The van der Waals surface area contributed by atoms with E-state index in [9.17, 15) is 5.26 Å². The second kappa shape index (κ2) is 4.87. The summed E-state index contributed by atoms with van der Waals surface area (Å²) in [6, 6.07) is 7.71. The van der Waals surface area contributed by atoms with Gasteiger partial charge in [0.05, 0.1) is 16.9 Å². The van der Waals surface area contributed by atoms with Gasteiger partial charge in [-0.3, -0.25) is 0 Å². The maximum atomic E-state index is 9.20. The number of nitrogens with zero attached hydrogens (tertiary/aromatic N) is 2. The van der Waals surface area contributed by atoms with Crippen molar-refractivity contribution in [2.45, 2.75) is 25.4 Å².